The number of hydrogen-bond donors (Lipinski definition) is 2. The second-order valence-corrected chi connectivity index (χ2v) is 3.93. The van der Waals surface area contributed by atoms with Crippen LogP contribution in [0.1, 0.15) is 31.4 Å². The molecular weight excluding hydrogens is 220 g/mol. The highest BCUT2D eigenvalue weighted by Gasteiger charge is 2.36. The van der Waals surface area contributed by atoms with Crippen molar-refractivity contribution in [2.24, 2.45) is 0 Å². The van der Waals surface area contributed by atoms with E-state index in [1.54, 1.807) is 25.1 Å². The Hall–Kier alpha value is -1.55. The highest BCUT2D eigenvalue weighted by Crippen LogP contribution is 2.29. The van der Waals surface area contributed by atoms with Crippen molar-refractivity contribution in [3.8, 4) is 5.75 Å². The van der Waals surface area contributed by atoms with Crippen molar-refractivity contribution in [2.75, 3.05) is 6.61 Å². The van der Waals surface area contributed by atoms with E-state index >= 15 is 0 Å². The summed E-state index contributed by atoms with van der Waals surface area (Å²) in [7, 11) is 0. The molecule has 1 rings (SSSR count). The molecule has 0 aliphatic carbocycles. The Labute approximate surface area is 101 Å². The molecule has 0 aliphatic rings. The lowest BCUT2D eigenvalue weighted by Gasteiger charge is -2.23. The normalized spacial score (nSPS) is 14.1. The zero-order chi connectivity index (χ0) is 13.1. The van der Waals surface area contributed by atoms with Gasteiger partial charge in [-0.15, -0.1) is 0 Å². The maximum atomic E-state index is 11.1. The monoisotopic (exact) mass is 238 g/mol. The molecule has 94 valence electrons. The van der Waals surface area contributed by atoms with Crippen molar-refractivity contribution in [1.29, 1.82) is 0 Å². The standard InChI is InChI=1S/C13H18O4/c1-4-13(16,12(14)15)10-6-7-11(17-5-2)9(3)8-10/h6-8,16H,4-5H2,1-3H3,(H,14,15). The molecule has 0 fully saturated rings. The van der Waals surface area contributed by atoms with Gasteiger partial charge < -0.3 is 14.9 Å². The second kappa shape index (κ2) is 5.19. The Kier molecular flexibility index (Phi) is 4.12. The van der Waals surface area contributed by atoms with Gasteiger partial charge in [0.25, 0.3) is 0 Å². The Morgan fingerprint density at radius 1 is 1.41 bits per heavy atom. The van der Waals surface area contributed by atoms with Gasteiger partial charge in [-0.25, -0.2) is 4.79 Å². The largest absolute Gasteiger partial charge is 0.494 e. The second-order valence-electron chi connectivity index (χ2n) is 3.93. The lowest BCUT2D eigenvalue weighted by molar-refractivity contribution is -0.160. The van der Waals surface area contributed by atoms with Crippen LogP contribution < -0.4 is 4.74 Å². The van der Waals surface area contributed by atoms with E-state index in [0.29, 0.717) is 17.9 Å². The van der Waals surface area contributed by atoms with Gasteiger partial charge in [0.1, 0.15) is 5.75 Å². The van der Waals surface area contributed by atoms with Gasteiger partial charge in [-0.3, -0.25) is 0 Å². The molecule has 17 heavy (non-hydrogen) atoms. The van der Waals surface area contributed by atoms with Gasteiger partial charge in [-0.1, -0.05) is 13.0 Å². The van der Waals surface area contributed by atoms with Gasteiger partial charge in [0.05, 0.1) is 6.61 Å². The van der Waals surface area contributed by atoms with E-state index in [4.69, 9.17) is 9.84 Å². The topological polar surface area (TPSA) is 66.8 Å². The van der Waals surface area contributed by atoms with Crippen molar-refractivity contribution in [1.82, 2.24) is 0 Å². The quantitative estimate of drug-likeness (QED) is 0.824. The number of carbonyl (C=O) groups is 1. The molecule has 0 aromatic heterocycles. The predicted octanol–water partition coefficient (Wildman–Crippen LogP) is 2.08. The molecule has 0 saturated heterocycles. The molecule has 2 N–H and O–H groups in total. The molecule has 1 aromatic rings. The number of hydrogen-bond acceptors (Lipinski definition) is 3. The molecular formula is C13H18O4. The molecule has 0 aliphatic heterocycles. The fourth-order valence-electron chi connectivity index (χ4n) is 1.70. The fraction of sp³-hybridized carbons (Fsp3) is 0.462. The van der Waals surface area contributed by atoms with Crippen LogP contribution in [-0.2, 0) is 10.4 Å². The van der Waals surface area contributed by atoms with Crippen LogP contribution in [0.5, 0.6) is 5.75 Å². The summed E-state index contributed by atoms with van der Waals surface area (Å²) < 4.78 is 5.37. The van der Waals surface area contributed by atoms with Crippen LogP contribution in [-0.4, -0.2) is 22.8 Å². The van der Waals surface area contributed by atoms with E-state index in [-0.39, 0.29) is 6.42 Å². The van der Waals surface area contributed by atoms with Crippen LogP contribution in [0, 0.1) is 6.92 Å². The zero-order valence-electron chi connectivity index (χ0n) is 10.4. The third-order valence-electron chi connectivity index (χ3n) is 2.82. The number of aliphatic carboxylic acids is 1. The lowest BCUT2D eigenvalue weighted by atomic mass is 9.90. The first-order valence-electron chi connectivity index (χ1n) is 5.65. The molecule has 4 nitrogen and oxygen atoms in total. The maximum Gasteiger partial charge on any atom is 0.340 e. The Morgan fingerprint density at radius 2 is 2.06 bits per heavy atom. The number of benzene rings is 1. The zero-order valence-corrected chi connectivity index (χ0v) is 10.4. The van der Waals surface area contributed by atoms with Crippen LogP contribution >= 0.6 is 0 Å². The summed E-state index contributed by atoms with van der Waals surface area (Å²) in [4.78, 5) is 11.1. The first kappa shape index (κ1) is 13.5. The van der Waals surface area contributed by atoms with Crippen LogP contribution in [0.2, 0.25) is 0 Å². The molecule has 0 spiro atoms. The third-order valence-corrected chi connectivity index (χ3v) is 2.82. The minimum absolute atomic E-state index is 0.121. The van der Waals surface area contributed by atoms with E-state index in [9.17, 15) is 9.90 Å². The number of carboxylic acid groups (broad SMARTS) is 1. The summed E-state index contributed by atoms with van der Waals surface area (Å²) in [6, 6.07) is 4.94. The number of aryl methyl sites for hydroxylation is 1. The highest BCUT2D eigenvalue weighted by atomic mass is 16.5. The summed E-state index contributed by atoms with van der Waals surface area (Å²) in [6.45, 7) is 5.90. The van der Waals surface area contributed by atoms with E-state index < -0.39 is 11.6 Å². The molecule has 0 amide bonds. The summed E-state index contributed by atoms with van der Waals surface area (Å²) in [5.41, 5.74) is -0.624. The van der Waals surface area contributed by atoms with Crippen molar-refractivity contribution >= 4 is 5.97 Å². The van der Waals surface area contributed by atoms with Gasteiger partial charge in [-0.2, -0.15) is 0 Å². The van der Waals surface area contributed by atoms with Gasteiger partial charge in [0.2, 0.25) is 0 Å². The van der Waals surface area contributed by atoms with E-state index in [1.807, 2.05) is 13.8 Å². The molecule has 0 saturated carbocycles. The van der Waals surface area contributed by atoms with E-state index in [1.165, 1.54) is 0 Å². The smallest absolute Gasteiger partial charge is 0.340 e. The first-order chi connectivity index (χ1) is 7.95. The van der Waals surface area contributed by atoms with E-state index in [0.717, 1.165) is 5.56 Å². The number of carboxylic acids is 1. The van der Waals surface area contributed by atoms with Crippen LogP contribution in [0.15, 0.2) is 18.2 Å². The van der Waals surface area contributed by atoms with Gasteiger partial charge >= 0.3 is 5.97 Å². The SMILES string of the molecule is CCOc1ccc(C(O)(CC)C(=O)O)cc1C. The molecule has 1 aromatic carbocycles. The average Bonchev–Trinajstić information content (AvgIpc) is 2.30. The highest BCUT2D eigenvalue weighted by molar-refractivity contribution is 5.79. The Balaban J connectivity index is 3.16. The predicted molar refractivity (Wildman–Crippen MR) is 64.2 cm³/mol. The number of rotatable bonds is 5. The van der Waals surface area contributed by atoms with Crippen molar-refractivity contribution in [2.45, 2.75) is 32.8 Å². The summed E-state index contributed by atoms with van der Waals surface area (Å²) in [5, 5.41) is 19.1. The van der Waals surface area contributed by atoms with Crippen LogP contribution in [0.3, 0.4) is 0 Å². The maximum absolute atomic E-state index is 11.1. The van der Waals surface area contributed by atoms with Crippen LogP contribution in [0.4, 0.5) is 0 Å². The number of ether oxygens (including phenoxy) is 1. The minimum atomic E-state index is -1.82. The lowest BCUT2D eigenvalue weighted by Crippen LogP contribution is -2.34. The third kappa shape index (κ3) is 2.58. The van der Waals surface area contributed by atoms with Crippen molar-refractivity contribution in [3.05, 3.63) is 29.3 Å². The fourth-order valence-corrected chi connectivity index (χ4v) is 1.70. The summed E-state index contributed by atoms with van der Waals surface area (Å²) in [5.74, 6) is -0.524. The van der Waals surface area contributed by atoms with Gasteiger partial charge in [0.15, 0.2) is 5.60 Å². The van der Waals surface area contributed by atoms with Crippen molar-refractivity contribution < 1.29 is 19.7 Å². The first-order valence-corrected chi connectivity index (χ1v) is 5.65. The molecule has 4 heteroatoms. The summed E-state index contributed by atoms with van der Waals surface area (Å²) >= 11 is 0. The molecule has 0 heterocycles. The molecule has 0 radical (unpaired) electrons. The van der Waals surface area contributed by atoms with Gasteiger partial charge in [-0.05, 0) is 43.5 Å². The van der Waals surface area contributed by atoms with Crippen molar-refractivity contribution in [3.63, 3.8) is 0 Å². The average molecular weight is 238 g/mol. The summed E-state index contributed by atoms with van der Waals surface area (Å²) in [6.07, 6.45) is 0.121. The Bertz CT molecular complexity index is 414. The molecule has 1 unspecified atom stereocenters. The minimum Gasteiger partial charge on any atom is -0.494 e. The molecule has 1 atom stereocenters. The number of aliphatic hydroxyl groups is 1. The Morgan fingerprint density at radius 3 is 2.47 bits per heavy atom. The van der Waals surface area contributed by atoms with Gasteiger partial charge in [0, 0.05) is 0 Å². The van der Waals surface area contributed by atoms with E-state index in [2.05, 4.69) is 0 Å². The van der Waals surface area contributed by atoms with Crippen LogP contribution in [0.25, 0.3) is 0 Å². The molecule has 0 bridgehead atoms.